The Bertz CT molecular complexity index is 790. The number of rotatable bonds is 3. The highest BCUT2D eigenvalue weighted by molar-refractivity contribution is 5.73. The minimum absolute atomic E-state index is 0.0861. The fraction of sp³-hybridized carbons (Fsp3) is 0.524. The molecule has 2 aliphatic heterocycles. The normalized spacial score (nSPS) is 28.8. The van der Waals surface area contributed by atoms with Crippen LogP contribution in [0, 0.1) is 5.92 Å². The Morgan fingerprint density at radius 3 is 2.70 bits per heavy atom. The van der Waals surface area contributed by atoms with Crippen LogP contribution in [0.3, 0.4) is 0 Å². The van der Waals surface area contributed by atoms with Crippen LogP contribution < -0.4 is 0 Å². The lowest BCUT2D eigenvalue weighted by Crippen LogP contribution is -2.44. The number of hydrogen-bond donors (Lipinski definition) is 1. The average Bonchev–Trinajstić information content (AvgIpc) is 3.17. The molecule has 0 saturated carbocycles. The van der Waals surface area contributed by atoms with E-state index in [1.165, 1.54) is 5.56 Å². The predicted octanol–water partition coefficient (Wildman–Crippen LogP) is 1.62. The van der Waals surface area contributed by atoms with Gasteiger partial charge in [0.1, 0.15) is 5.82 Å². The van der Waals surface area contributed by atoms with Gasteiger partial charge in [-0.25, -0.2) is 4.98 Å². The van der Waals surface area contributed by atoms with Gasteiger partial charge in [0.25, 0.3) is 0 Å². The number of likely N-dealkylation sites (tertiary alicyclic amines) is 2. The third-order valence-electron chi connectivity index (χ3n) is 6.29. The van der Waals surface area contributed by atoms with E-state index in [0.29, 0.717) is 19.5 Å². The van der Waals surface area contributed by atoms with Crippen molar-refractivity contribution >= 4 is 5.91 Å². The highest BCUT2D eigenvalue weighted by Crippen LogP contribution is 2.42. The maximum absolute atomic E-state index is 12.1. The summed E-state index contributed by atoms with van der Waals surface area (Å²) in [4.78, 5) is 20.9. The van der Waals surface area contributed by atoms with E-state index in [9.17, 15) is 9.90 Å². The maximum Gasteiger partial charge on any atom is 0.219 e. The Kier molecular flexibility index (Phi) is 5.02. The van der Waals surface area contributed by atoms with E-state index in [4.69, 9.17) is 0 Å². The van der Waals surface area contributed by atoms with Crippen molar-refractivity contribution in [3.05, 3.63) is 54.1 Å². The second-order valence-corrected chi connectivity index (χ2v) is 7.87. The molecule has 1 amide bonds. The van der Waals surface area contributed by atoms with E-state index in [1.54, 1.807) is 6.92 Å². The number of carbonyl (C=O) groups is 1. The van der Waals surface area contributed by atoms with Crippen LogP contribution in [0.25, 0.3) is 0 Å². The third-order valence-corrected chi connectivity index (χ3v) is 6.29. The SMILES string of the molecule is CC(=O)N1CC[C@@H](O)[C@@H]2[C@@H](C1)N(Cc1nccn1C)C[C@H]2c1ccccc1. The summed E-state index contributed by atoms with van der Waals surface area (Å²) in [6.07, 6.45) is 4.01. The van der Waals surface area contributed by atoms with Gasteiger partial charge in [-0.1, -0.05) is 30.3 Å². The lowest BCUT2D eigenvalue weighted by Gasteiger charge is -2.31. The summed E-state index contributed by atoms with van der Waals surface area (Å²) in [6.45, 7) is 4.52. The number of carbonyl (C=O) groups excluding carboxylic acids is 1. The minimum atomic E-state index is -0.407. The number of aryl methyl sites for hydroxylation is 1. The predicted molar refractivity (Wildman–Crippen MR) is 103 cm³/mol. The van der Waals surface area contributed by atoms with Gasteiger partial charge < -0.3 is 14.6 Å². The average molecular weight is 368 g/mol. The van der Waals surface area contributed by atoms with Gasteiger partial charge in [-0.2, -0.15) is 0 Å². The van der Waals surface area contributed by atoms with Crippen molar-refractivity contribution in [2.24, 2.45) is 13.0 Å². The molecule has 2 fully saturated rings. The summed E-state index contributed by atoms with van der Waals surface area (Å²) in [5, 5.41) is 11.0. The quantitative estimate of drug-likeness (QED) is 0.894. The fourth-order valence-corrected chi connectivity index (χ4v) is 4.81. The molecule has 0 aliphatic carbocycles. The molecule has 2 aromatic rings. The highest BCUT2D eigenvalue weighted by Gasteiger charge is 2.48. The van der Waals surface area contributed by atoms with Crippen LogP contribution >= 0.6 is 0 Å². The van der Waals surface area contributed by atoms with Gasteiger partial charge >= 0.3 is 0 Å². The van der Waals surface area contributed by atoms with Gasteiger partial charge in [0, 0.05) is 63.9 Å². The number of nitrogens with zero attached hydrogens (tertiary/aromatic N) is 4. The van der Waals surface area contributed by atoms with Crippen LogP contribution in [-0.2, 0) is 18.4 Å². The number of aliphatic hydroxyl groups is 1. The van der Waals surface area contributed by atoms with Gasteiger partial charge in [0.2, 0.25) is 5.91 Å². The summed E-state index contributed by atoms with van der Waals surface area (Å²) < 4.78 is 2.04. The molecule has 4 atom stereocenters. The highest BCUT2D eigenvalue weighted by atomic mass is 16.3. The van der Waals surface area contributed by atoms with E-state index < -0.39 is 6.10 Å². The summed E-state index contributed by atoms with van der Waals surface area (Å²) >= 11 is 0. The fourth-order valence-electron chi connectivity index (χ4n) is 4.81. The molecule has 0 bridgehead atoms. The molecule has 144 valence electrons. The standard InChI is InChI=1S/C21H28N4O2/c1-15(26)24-10-8-19(27)21-17(16-6-4-3-5-7-16)12-25(18(21)13-24)14-20-22-9-11-23(20)2/h3-7,9,11,17-19,21,27H,8,10,12-14H2,1-2H3/t17-,18+,19+,21-/m0/s1. The molecule has 1 aromatic carbocycles. The Hall–Kier alpha value is -2.18. The molecule has 2 aliphatic rings. The Balaban J connectivity index is 1.68. The van der Waals surface area contributed by atoms with Crippen molar-refractivity contribution in [3.63, 3.8) is 0 Å². The Labute approximate surface area is 160 Å². The molecule has 0 unspecified atom stereocenters. The molecule has 3 heterocycles. The minimum Gasteiger partial charge on any atom is -0.393 e. The van der Waals surface area contributed by atoms with Gasteiger partial charge in [-0.3, -0.25) is 9.69 Å². The second-order valence-electron chi connectivity index (χ2n) is 7.87. The van der Waals surface area contributed by atoms with E-state index >= 15 is 0 Å². The second kappa shape index (κ2) is 7.44. The number of amides is 1. The van der Waals surface area contributed by atoms with Crippen molar-refractivity contribution in [1.29, 1.82) is 0 Å². The summed E-state index contributed by atoms with van der Waals surface area (Å²) in [5.41, 5.74) is 1.27. The van der Waals surface area contributed by atoms with Crippen LogP contribution in [0.2, 0.25) is 0 Å². The van der Waals surface area contributed by atoms with Crippen molar-refractivity contribution in [1.82, 2.24) is 19.4 Å². The first-order valence-corrected chi connectivity index (χ1v) is 9.73. The molecule has 6 nitrogen and oxygen atoms in total. The number of benzene rings is 1. The van der Waals surface area contributed by atoms with Crippen LogP contribution in [0.15, 0.2) is 42.7 Å². The number of aromatic nitrogens is 2. The first kappa shape index (κ1) is 18.2. The third kappa shape index (κ3) is 3.51. The molecule has 1 aromatic heterocycles. The molecule has 1 N–H and O–H groups in total. The summed E-state index contributed by atoms with van der Waals surface area (Å²) in [5.74, 6) is 1.48. The monoisotopic (exact) mass is 368 g/mol. The molecule has 0 spiro atoms. The number of aliphatic hydroxyl groups excluding tert-OH is 1. The van der Waals surface area contributed by atoms with Gasteiger partial charge in [-0.05, 0) is 12.0 Å². The first-order chi connectivity index (χ1) is 13.0. The lowest BCUT2D eigenvalue weighted by atomic mass is 9.81. The van der Waals surface area contributed by atoms with E-state index in [0.717, 1.165) is 18.9 Å². The Morgan fingerprint density at radius 2 is 2.04 bits per heavy atom. The van der Waals surface area contributed by atoms with E-state index in [2.05, 4.69) is 34.1 Å². The molecular formula is C21H28N4O2. The number of fused-ring (bicyclic) bond motifs is 1. The van der Waals surface area contributed by atoms with Gasteiger partial charge in [0.15, 0.2) is 0 Å². The van der Waals surface area contributed by atoms with Crippen molar-refractivity contribution < 1.29 is 9.90 Å². The van der Waals surface area contributed by atoms with Crippen LogP contribution in [0.4, 0.5) is 0 Å². The number of imidazole rings is 1. The molecule has 0 radical (unpaired) electrons. The Morgan fingerprint density at radius 1 is 1.26 bits per heavy atom. The van der Waals surface area contributed by atoms with E-state index in [-0.39, 0.29) is 23.8 Å². The van der Waals surface area contributed by atoms with Crippen molar-refractivity contribution in [2.75, 3.05) is 19.6 Å². The van der Waals surface area contributed by atoms with Crippen LogP contribution in [0.5, 0.6) is 0 Å². The van der Waals surface area contributed by atoms with Crippen LogP contribution in [-0.4, -0.2) is 62.1 Å². The lowest BCUT2D eigenvalue weighted by molar-refractivity contribution is -0.129. The zero-order chi connectivity index (χ0) is 19.0. The largest absolute Gasteiger partial charge is 0.393 e. The van der Waals surface area contributed by atoms with Gasteiger partial charge in [0.05, 0.1) is 12.6 Å². The topological polar surface area (TPSA) is 61.6 Å². The molecule has 2 saturated heterocycles. The van der Waals surface area contributed by atoms with Crippen molar-refractivity contribution in [2.45, 2.75) is 38.0 Å². The number of hydrogen-bond acceptors (Lipinski definition) is 4. The smallest absolute Gasteiger partial charge is 0.219 e. The summed E-state index contributed by atoms with van der Waals surface area (Å²) in [7, 11) is 2.01. The zero-order valence-electron chi connectivity index (χ0n) is 16.0. The maximum atomic E-state index is 12.1. The molecule has 6 heteroatoms. The summed E-state index contributed by atoms with van der Waals surface area (Å²) in [6, 6.07) is 10.6. The van der Waals surface area contributed by atoms with E-state index in [1.807, 2.05) is 35.0 Å². The van der Waals surface area contributed by atoms with Crippen molar-refractivity contribution in [3.8, 4) is 0 Å². The molecule has 4 rings (SSSR count). The zero-order valence-corrected chi connectivity index (χ0v) is 16.0. The van der Waals surface area contributed by atoms with Crippen LogP contribution in [0.1, 0.15) is 30.7 Å². The molecule has 27 heavy (non-hydrogen) atoms. The first-order valence-electron chi connectivity index (χ1n) is 9.73. The molecular weight excluding hydrogens is 340 g/mol. The van der Waals surface area contributed by atoms with Gasteiger partial charge in [-0.15, -0.1) is 0 Å².